The van der Waals surface area contributed by atoms with Crippen LogP contribution in [-0.4, -0.2) is 17.0 Å². The predicted molar refractivity (Wildman–Crippen MR) is 86.5 cm³/mol. The van der Waals surface area contributed by atoms with E-state index in [4.69, 9.17) is 0 Å². The van der Waals surface area contributed by atoms with Crippen LogP contribution in [0.4, 0.5) is 0 Å². The Morgan fingerprint density at radius 2 is 1.77 bits per heavy atom. The third-order valence-corrected chi connectivity index (χ3v) is 3.72. The largest absolute Gasteiger partial charge is 0.479 e. The number of rotatable bonds is 5. The Bertz CT molecular complexity index is 703. The molecule has 0 aromatic heterocycles. The number of nitrogens with one attached hydrogen (secondary N) is 1. The molecule has 116 valence electrons. The van der Waals surface area contributed by atoms with E-state index >= 15 is 0 Å². The van der Waals surface area contributed by atoms with Crippen LogP contribution in [-0.2, 0) is 15.1 Å². The minimum atomic E-state index is -1.42. The molecule has 2 aromatic rings. The quantitative estimate of drug-likeness (QED) is 0.890. The highest BCUT2D eigenvalue weighted by Gasteiger charge is 2.42. The molecule has 1 atom stereocenters. The molecule has 2 aromatic carbocycles. The van der Waals surface area contributed by atoms with Crippen LogP contribution in [0.3, 0.4) is 0 Å². The summed E-state index contributed by atoms with van der Waals surface area (Å²) < 4.78 is 0. The van der Waals surface area contributed by atoms with Gasteiger partial charge in [-0.15, -0.1) is 0 Å². The van der Waals surface area contributed by atoms with Crippen LogP contribution >= 0.6 is 0 Å². The van der Waals surface area contributed by atoms with Crippen molar-refractivity contribution in [2.75, 3.05) is 0 Å². The van der Waals surface area contributed by atoms with Gasteiger partial charge in [0.2, 0.25) is 5.91 Å². The zero-order chi connectivity index (χ0) is 16.3. The van der Waals surface area contributed by atoms with Gasteiger partial charge in [0.15, 0.2) is 5.54 Å². The molecular formula is C18H21NO3. The number of aliphatic carboxylic acids is 1. The summed E-state index contributed by atoms with van der Waals surface area (Å²) in [6.45, 7) is 5.25. The molecule has 0 bridgehead atoms. The molecule has 2 rings (SSSR count). The van der Waals surface area contributed by atoms with Crippen molar-refractivity contribution in [1.29, 1.82) is 0 Å². The van der Waals surface area contributed by atoms with Gasteiger partial charge in [-0.3, -0.25) is 4.79 Å². The molecule has 0 aliphatic rings. The van der Waals surface area contributed by atoms with Gasteiger partial charge >= 0.3 is 5.97 Å². The second-order valence-corrected chi connectivity index (χ2v) is 6.02. The van der Waals surface area contributed by atoms with Crippen molar-refractivity contribution in [3.05, 3.63) is 48.0 Å². The fourth-order valence-electron chi connectivity index (χ4n) is 2.99. The zero-order valence-electron chi connectivity index (χ0n) is 13.1. The SMILES string of the molecule is CC(=O)NC(CC(C)C)(C(=O)O)c1cccc2ccccc12. The van der Waals surface area contributed by atoms with Crippen molar-refractivity contribution in [1.82, 2.24) is 5.32 Å². The van der Waals surface area contributed by atoms with Gasteiger partial charge in [-0.2, -0.15) is 0 Å². The molecule has 0 spiro atoms. The summed E-state index contributed by atoms with van der Waals surface area (Å²) in [5.41, 5.74) is -0.789. The first-order valence-electron chi connectivity index (χ1n) is 7.37. The Labute approximate surface area is 130 Å². The number of benzene rings is 2. The van der Waals surface area contributed by atoms with Crippen LogP contribution in [0, 0.1) is 5.92 Å². The van der Waals surface area contributed by atoms with Gasteiger partial charge in [0.25, 0.3) is 0 Å². The third kappa shape index (κ3) is 2.96. The molecule has 4 heteroatoms. The molecule has 1 unspecified atom stereocenters. The fourth-order valence-corrected chi connectivity index (χ4v) is 2.99. The second kappa shape index (κ2) is 6.18. The van der Waals surface area contributed by atoms with Gasteiger partial charge in [0.1, 0.15) is 0 Å². The monoisotopic (exact) mass is 299 g/mol. The highest BCUT2D eigenvalue weighted by atomic mass is 16.4. The Kier molecular flexibility index (Phi) is 4.50. The molecular weight excluding hydrogens is 278 g/mol. The van der Waals surface area contributed by atoms with E-state index in [1.165, 1.54) is 6.92 Å². The van der Waals surface area contributed by atoms with E-state index in [2.05, 4.69) is 5.32 Å². The molecule has 22 heavy (non-hydrogen) atoms. The molecule has 0 heterocycles. The first kappa shape index (κ1) is 16.0. The minimum Gasteiger partial charge on any atom is -0.479 e. The van der Waals surface area contributed by atoms with Gasteiger partial charge < -0.3 is 10.4 Å². The Morgan fingerprint density at radius 1 is 1.14 bits per heavy atom. The summed E-state index contributed by atoms with van der Waals surface area (Å²) in [5, 5.41) is 14.4. The van der Waals surface area contributed by atoms with E-state index < -0.39 is 11.5 Å². The van der Waals surface area contributed by atoms with Crippen molar-refractivity contribution in [2.24, 2.45) is 5.92 Å². The lowest BCUT2D eigenvalue weighted by molar-refractivity contribution is -0.148. The summed E-state index contributed by atoms with van der Waals surface area (Å²) >= 11 is 0. The van der Waals surface area contributed by atoms with Crippen LogP contribution in [0.5, 0.6) is 0 Å². The minimum absolute atomic E-state index is 0.113. The fraction of sp³-hybridized carbons (Fsp3) is 0.333. The maximum atomic E-state index is 12.1. The van der Waals surface area contributed by atoms with Crippen LogP contribution in [0.1, 0.15) is 32.8 Å². The first-order chi connectivity index (χ1) is 10.4. The second-order valence-electron chi connectivity index (χ2n) is 6.02. The van der Waals surface area contributed by atoms with Gasteiger partial charge in [0.05, 0.1) is 0 Å². The number of carboxylic acid groups (broad SMARTS) is 1. The molecule has 0 saturated heterocycles. The summed E-state index contributed by atoms with van der Waals surface area (Å²) in [7, 11) is 0. The molecule has 0 saturated carbocycles. The molecule has 0 fully saturated rings. The number of carbonyl (C=O) groups excluding carboxylic acids is 1. The number of amides is 1. The zero-order valence-corrected chi connectivity index (χ0v) is 13.1. The van der Waals surface area contributed by atoms with Crippen LogP contribution in [0.15, 0.2) is 42.5 Å². The highest BCUT2D eigenvalue weighted by Crippen LogP contribution is 2.34. The van der Waals surface area contributed by atoms with E-state index in [0.29, 0.717) is 12.0 Å². The average Bonchev–Trinajstić information content (AvgIpc) is 2.44. The van der Waals surface area contributed by atoms with E-state index in [-0.39, 0.29) is 11.8 Å². The summed E-state index contributed by atoms with van der Waals surface area (Å²) in [5.74, 6) is -1.27. The third-order valence-electron chi connectivity index (χ3n) is 3.72. The standard InChI is InChI=1S/C18H21NO3/c1-12(2)11-18(17(21)22,19-13(3)20)16-10-6-8-14-7-4-5-9-15(14)16/h4-10,12H,11H2,1-3H3,(H,19,20)(H,21,22). The maximum Gasteiger partial charge on any atom is 0.334 e. The smallest absolute Gasteiger partial charge is 0.334 e. The Balaban J connectivity index is 2.75. The summed E-state index contributed by atoms with van der Waals surface area (Å²) in [4.78, 5) is 23.8. The Hall–Kier alpha value is -2.36. The van der Waals surface area contributed by atoms with E-state index in [1.807, 2.05) is 50.2 Å². The van der Waals surface area contributed by atoms with Gasteiger partial charge in [-0.25, -0.2) is 4.79 Å². The number of hydrogen-bond acceptors (Lipinski definition) is 2. The van der Waals surface area contributed by atoms with Crippen molar-refractivity contribution in [2.45, 2.75) is 32.7 Å². The van der Waals surface area contributed by atoms with Crippen LogP contribution in [0.25, 0.3) is 10.8 Å². The lowest BCUT2D eigenvalue weighted by Gasteiger charge is -2.33. The van der Waals surface area contributed by atoms with Crippen LogP contribution in [0.2, 0.25) is 0 Å². The van der Waals surface area contributed by atoms with Gasteiger partial charge in [0, 0.05) is 6.92 Å². The van der Waals surface area contributed by atoms with E-state index in [1.54, 1.807) is 6.07 Å². The summed E-state index contributed by atoms with van der Waals surface area (Å²) in [6, 6.07) is 13.2. The molecule has 1 amide bonds. The molecule has 0 aliphatic heterocycles. The topological polar surface area (TPSA) is 66.4 Å². The first-order valence-corrected chi connectivity index (χ1v) is 7.37. The maximum absolute atomic E-state index is 12.1. The Morgan fingerprint density at radius 3 is 2.36 bits per heavy atom. The predicted octanol–water partition coefficient (Wildman–Crippen LogP) is 3.30. The molecule has 0 aliphatic carbocycles. The normalized spacial score (nSPS) is 13.8. The number of fused-ring (bicyclic) bond motifs is 1. The molecule has 4 nitrogen and oxygen atoms in total. The van der Waals surface area contributed by atoms with Gasteiger partial charge in [-0.05, 0) is 28.7 Å². The van der Waals surface area contributed by atoms with Crippen molar-refractivity contribution < 1.29 is 14.7 Å². The van der Waals surface area contributed by atoms with Crippen LogP contribution < -0.4 is 5.32 Å². The highest BCUT2D eigenvalue weighted by molar-refractivity contribution is 5.95. The van der Waals surface area contributed by atoms with E-state index in [9.17, 15) is 14.7 Å². The van der Waals surface area contributed by atoms with E-state index in [0.717, 1.165) is 10.8 Å². The van der Waals surface area contributed by atoms with Crippen molar-refractivity contribution in [3.63, 3.8) is 0 Å². The lowest BCUT2D eigenvalue weighted by Crippen LogP contribution is -2.52. The van der Waals surface area contributed by atoms with Crippen molar-refractivity contribution in [3.8, 4) is 0 Å². The molecule has 0 radical (unpaired) electrons. The number of carboxylic acids is 1. The lowest BCUT2D eigenvalue weighted by atomic mass is 9.80. The summed E-state index contributed by atoms with van der Waals surface area (Å²) in [6.07, 6.45) is 0.329. The average molecular weight is 299 g/mol. The number of carbonyl (C=O) groups is 2. The van der Waals surface area contributed by atoms with Crippen molar-refractivity contribution >= 4 is 22.6 Å². The molecule has 2 N–H and O–H groups in total. The number of hydrogen-bond donors (Lipinski definition) is 2. The van der Waals surface area contributed by atoms with Gasteiger partial charge in [-0.1, -0.05) is 56.3 Å².